The lowest BCUT2D eigenvalue weighted by atomic mass is 9.99. The Morgan fingerprint density at radius 2 is 1.80 bits per heavy atom. The van der Waals surface area contributed by atoms with Gasteiger partial charge in [0, 0.05) is 11.4 Å². The largest absolute Gasteiger partial charge is 0.316 e. The molecular weight excluding hydrogens is 283 g/mol. The fourth-order valence-corrected chi connectivity index (χ4v) is 2.50. The number of hydrogen-bond donors (Lipinski definition) is 1. The second-order valence-corrected chi connectivity index (χ2v) is 5.30. The fourth-order valence-electron chi connectivity index (χ4n) is 2.00. The van der Waals surface area contributed by atoms with Gasteiger partial charge in [0.15, 0.2) is 0 Å². The number of alkyl halides is 2. The van der Waals surface area contributed by atoms with Crippen LogP contribution in [0.4, 0.5) is 13.2 Å². The zero-order chi connectivity index (χ0) is 14.5. The minimum Gasteiger partial charge on any atom is -0.316 e. The second-order valence-electron chi connectivity index (χ2n) is 4.23. The van der Waals surface area contributed by atoms with Gasteiger partial charge in [-0.15, -0.1) is 0 Å². The van der Waals surface area contributed by atoms with E-state index in [2.05, 4.69) is 5.32 Å². The van der Waals surface area contributed by atoms with Gasteiger partial charge in [0.25, 0.3) is 5.76 Å². The van der Waals surface area contributed by atoms with Gasteiger partial charge in [0.1, 0.15) is 5.82 Å². The Labute approximate surface area is 120 Å². The lowest BCUT2D eigenvalue weighted by Crippen LogP contribution is -2.06. The van der Waals surface area contributed by atoms with Gasteiger partial charge in [0.05, 0.1) is 0 Å². The van der Waals surface area contributed by atoms with E-state index in [1.807, 2.05) is 0 Å². The first-order valence-corrected chi connectivity index (χ1v) is 6.96. The van der Waals surface area contributed by atoms with Crippen LogP contribution in [-0.2, 0) is 6.54 Å². The molecule has 0 aliphatic rings. The summed E-state index contributed by atoms with van der Waals surface area (Å²) >= 11 is 0.514. The zero-order valence-corrected chi connectivity index (χ0v) is 11.7. The maximum absolute atomic E-state index is 13.3. The SMILES string of the molecule is CNCc1cc(F)ccc1-c1ccc(SC(F)F)cc1. The summed E-state index contributed by atoms with van der Waals surface area (Å²) in [5, 5.41) is 2.99. The van der Waals surface area contributed by atoms with Crippen LogP contribution in [0.5, 0.6) is 0 Å². The van der Waals surface area contributed by atoms with Crippen molar-refractivity contribution in [2.24, 2.45) is 0 Å². The summed E-state index contributed by atoms with van der Waals surface area (Å²) in [6, 6.07) is 11.4. The second kappa shape index (κ2) is 6.81. The number of benzene rings is 2. The highest BCUT2D eigenvalue weighted by Gasteiger charge is 2.08. The molecule has 0 aliphatic heterocycles. The summed E-state index contributed by atoms with van der Waals surface area (Å²) in [7, 11) is 1.79. The molecule has 20 heavy (non-hydrogen) atoms. The molecule has 5 heteroatoms. The van der Waals surface area contributed by atoms with Crippen molar-refractivity contribution in [2.75, 3.05) is 7.05 Å². The fraction of sp³-hybridized carbons (Fsp3) is 0.200. The van der Waals surface area contributed by atoms with Crippen LogP contribution >= 0.6 is 11.8 Å². The Balaban J connectivity index is 2.31. The van der Waals surface area contributed by atoms with Gasteiger partial charge < -0.3 is 5.32 Å². The van der Waals surface area contributed by atoms with E-state index in [1.165, 1.54) is 12.1 Å². The molecule has 0 aromatic heterocycles. The van der Waals surface area contributed by atoms with Crippen molar-refractivity contribution in [1.82, 2.24) is 5.32 Å². The Morgan fingerprint density at radius 1 is 1.10 bits per heavy atom. The highest BCUT2D eigenvalue weighted by Crippen LogP contribution is 2.29. The predicted molar refractivity (Wildman–Crippen MR) is 76.5 cm³/mol. The van der Waals surface area contributed by atoms with Crippen molar-refractivity contribution in [3.8, 4) is 11.1 Å². The van der Waals surface area contributed by atoms with Crippen molar-refractivity contribution in [3.05, 3.63) is 53.8 Å². The number of rotatable bonds is 5. The molecule has 1 nitrogen and oxygen atoms in total. The van der Waals surface area contributed by atoms with Gasteiger partial charge in [-0.25, -0.2) is 4.39 Å². The zero-order valence-electron chi connectivity index (χ0n) is 10.9. The van der Waals surface area contributed by atoms with E-state index in [4.69, 9.17) is 0 Å². The Bertz CT molecular complexity index is 570. The summed E-state index contributed by atoms with van der Waals surface area (Å²) < 4.78 is 37.8. The monoisotopic (exact) mass is 297 g/mol. The minimum atomic E-state index is -2.42. The van der Waals surface area contributed by atoms with Gasteiger partial charge in [-0.3, -0.25) is 0 Å². The van der Waals surface area contributed by atoms with Crippen molar-refractivity contribution in [2.45, 2.75) is 17.2 Å². The average molecular weight is 297 g/mol. The van der Waals surface area contributed by atoms with E-state index in [-0.39, 0.29) is 5.82 Å². The molecule has 0 atom stereocenters. The highest BCUT2D eigenvalue weighted by atomic mass is 32.2. The maximum Gasteiger partial charge on any atom is 0.288 e. The number of nitrogens with one attached hydrogen (secondary N) is 1. The minimum absolute atomic E-state index is 0.288. The molecule has 2 rings (SSSR count). The quantitative estimate of drug-likeness (QED) is 0.814. The van der Waals surface area contributed by atoms with Crippen LogP contribution in [0.2, 0.25) is 0 Å². The van der Waals surface area contributed by atoms with Crippen LogP contribution in [0.25, 0.3) is 11.1 Å². The van der Waals surface area contributed by atoms with Crippen molar-refractivity contribution >= 4 is 11.8 Å². The number of hydrogen-bond acceptors (Lipinski definition) is 2. The lowest BCUT2D eigenvalue weighted by Gasteiger charge is -2.10. The van der Waals surface area contributed by atoms with E-state index in [9.17, 15) is 13.2 Å². The third kappa shape index (κ3) is 3.77. The molecule has 0 bridgehead atoms. The van der Waals surface area contributed by atoms with Gasteiger partial charge in [-0.05, 0) is 48.0 Å². The molecule has 2 aromatic rings. The number of thioether (sulfide) groups is 1. The van der Waals surface area contributed by atoms with Gasteiger partial charge in [-0.2, -0.15) is 8.78 Å². The first-order chi connectivity index (χ1) is 9.60. The number of halogens is 3. The van der Waals surface area contributed by atoms with Gasteiger partial charge in [0.2, 0.25) is 0 Å². The summed E-state index contributed by atoms with van der Waals surface area (Å²) in [5.74, 6) is -2.71. The summed E-state index contributed by atoms with van der Waals surface area (Å²) in [5.41, 5.74) is 2.62. The Kier molecular flexibility index (Phi) is 5.09. The summed E-state index contributed by atoms with van der Waals surface area (Å²) in [6.07, 6.45) is 0. The van der Waals surface area contributed by atoms with Crippen molar-refractivity contribution in [3.63, 3.8) is 0 Å². The normalized spacial score (nSPS) is 11.1. The molecule has 0 aliphatic carbocycles. The predicted octanol–water partition coefficient (Wildman–Crippen LogP) is 4.53. The third-order valence-electron chi connectivity index (χ3n) is 2.83. The molecule has 2 aromatic carbocycles. The topological polar surface area (TPSA) is 12.0 Å². The summed E-state index contributed by atoms with van der Waals surface area (Å²) in [4.78, 5) is 0.515. The molecule has 1 N–H and O–H groups in total. The van der Waals surface area contributed by atoms with Crippen molar-refractivity contribution in [1.29, 1.82) is 0 Å². The van der Waals surface area contributed by atoms with E-state index >= 15 is 0 Å². The molecule has 0 fully saturated rings. The van der Waals surface area contributed by atoms with Crippen LogP contribution in [0.15, 0.2) is 47.4 Å². The molecule has 0 amide bonds. The molecule has 0 saturated heterocycles. The van der Waals surface area contributed by atoms with E-state index in [0.29, 0.717) is 23.2 Å². The molecule has 0 saturated carbocycles. The van der Waals surface area contributed by atoms with E-state index in [1.54, 1.807) is 37.4 Å². The first kappa shape index (κ1) is 14.9. The molecule has 0 unspecified atom stereocenters. The molecule has 0 spiro atoms. The standard InChI is InChI=1S/C15H14F3NS/c1-19-9-11-8-12(16)4-7-14(11)10-2-5-13(6-3-10)20-15(17)18/h2-8,15,19H,9H2,1H3. The Morgan fingerprint density at radius 3 is 2.40 bits per heavy atom. The lowest BCUT2D eigenvalue weighted by molar-refractivity contribution is 0.252. The maximum atomic E-state index is 13.3. The molecular formula is C15H14F3NS. The average Bonchev–Trinajstić information content (AvgIpc) is 2.40. The van der Waals surface area contributed by atoms with Crippen LogP contribution in [0.3, 0.4) is 0 Å². The van der Waals surface area contributed by atoms with Gasteiger partial charge >= 0.3 is 0 Å². The first-order valence-electron chi connectivity index (χ1n) is 6.08. The van der Waals surface area contributed by atoms with Crippen LogP contribution in [0, 0.1) is 5.82 Å². The summed E-state index contributed by atoms with van der Waals surface area (Å²) in [6.45, 7) is 0.542. The van der Waals surface area contributed by atoms with E-state index in [0.717, 1.165) is 16.7 Å². The molecule has 106 valence electrons. The van der Waals surface area contributed by atoms with Crippen LogP contribution in [-0.4, -0.2) is 12.8 Å². The molecule has 0 radical (unpaired) electrons. The highest BCUT2D eigenvalue weighted by molar-refractivity contribution is 7.99. The van der Waals surface area contributed by atoms with Crippen molar-refractivity contribution < 1.29 is 13.2 Å². The van der Waals surface area contributed by atoms with Crippen LogP contribution in [0.1, 0.15) is 5.56 Å². The van der Waals surface area contributed by atoms with Gasteiger partial charge in [-0.1, -0.05) is 30.0 Å². The smallest absolute Gasteiger partial charge is 0.288 e. The van der Waals surface area contributed by atoms with E-state index < -0.39 is 5.76 Å². The van der Waals surface area contributed by atoms with Crippen LogP contribution < -0.4 is 5.32 Å². The molecule has 0 heterocycles. The Hall–Kier alpha value is -1.46. The third-order valence-corrected chi connectivity index (χ3v) is 3.55.